The molecule has 1 unspecified atom stereocenters. The highest BCUT2D eigenvalue weighted by Gasteiger charge is 2.55. The Morgan fingerprint density at radius 3 is 2.26 bits per heavy atom. The molecule has 1 saturated carbocycles. The highest BCUT2D eigenvalue weighted by Crippen LogP contribution is 2.38. The Balaban J connectivity index is 2.15. The van der Waals surface area contributed by atoms with Crippen LogP contribution in [0.2, 0.25) is 0 Å². The van der Waals surface area contributed by atoms with Gasteiger partial charge in [0.1, 0.15) is 0 Å². The van der Waals surface area contributed by atoms with Crippen molar-refractivity contribution in [1.29, 1.82) is 0 Å². The quantitative estimate of drug-likeness (QED) is 0.792. The van der Waals surface area contributed by atoms with Gasteiger partial charge in [0.05, 0.1) is 12.1 Å². The molecular weight excluding hydrogens is 309 g/mol. The maximum absolute atomic E-state index is 13.3. The fourth-order valence-corrected chi connectivity index (χ4v) is 2.87. The Kier molecular flexibility index (Phi) is 5.01. The van der Waals surface area contributed by atoms with E-state index in [1.54, 1.807) is 6.07 Å². The molecule has 2 rings (SSSR count). The molecule has 1 atom stereocenters. The summed E-state index contributed by atoms with van der Waals surface area (Å²) in [4.78, 5) is 12.2. The molecule has 0 saturated heterocycles. The van der Waals surface area contributed by atoms with Gasteiger partial charge in [-0.1, -0.05) is 49.6 Å². The van der Waals surface area contributed by atoms with E-state index in [0.29, 0.717) is 12.8 Å². The van der Waals surface area contributed by atoms with Gasteiger partial charge in [-0.25, -0.2) is 0 Å². The number of rotatable bonds is 4. The van der Waals surface area contributed by atoms with E-state index in [0.717, 1.165) is 19.3 Å². The Labute approximate surface area is 132 Å². The van der Waals surface area contributed by atoms with Crippen LogP contribution in [-0.4, -0.2) is 29.3 Å². The highest BCUT2D eigenvalue weighted by molar-refractivity contribution is 5.86. The Hall–Kier alpha value is -1.60. The van der Waals surface area contributed by atoms with Gasteiger partial charge in [0, 0.05) is 0 Å². The summed E-state index contributed by atoms with van der Waals surface area (Å²) in [6.07, 6.45) is -1.54. The summed E-state index contributed by atoms with van der Waals surface area (Å²) in [6.45, 7) is -0.960. The van der Waals surface area contributed by atoms with E-state index >= 15 is 0 Å². The highest BCUT2D eigenvalue weighted by atomic mass is 19.4. The Morgan fingerprint density at radius 2 is 1.74 bits per heavy atom. The molecular formula is C16H21F3N2O2. The topological polar surface area (TPSA) is 75.4 Å². The number of hydrogen-bond donors (Lipinski definition) is 3. The smallest absolute Gasteiger partial charge is 0.375 e. The third-order valence-corrected chi connectivity index (χ3v) is 4.42. The van der Waals surface area contributed by atoms with E-state index in [1.165, 1.54) is 24.3 Å². The molecule has 4 N–H and O–H groups in total. The van der Waals surface area contributed by atoms with Crippen molar-refractivity contribution >= 4 is 5.91 Å². The minimum Gasteiger partial charge on any atom is -0.375 e. The van der Waals surface area contributed by atoms with E-state index in [1.807, 2.05) is 0 Å². The van der Waals surface area contributed by atoms with Crippen molar-refractivity contribution in [2.24, 2.45) is 5.73 Å². The van der Waals surface area contributed by atoms with Crippen LogP contribution in [0.3, 0.4) is 0 Å². The van der Waals surface area contributed by atoms with Crippen molar-refractivity contribution in [3.8, 4) is 0 Å². The van der Waals surface area contributed by atoms with Gasteiger partial charge in [-0.3, -0.25) is 4.79 Å². The molecule has 128 valence electrons. The van der Waals surface area contributed by atoms with E-state index in [9.17, 15) is 23.1 Å². The van der Waals surface area contributed by atoms with Crippen LogP contribution in [0.15, 0.2) is 30.3 Å². The summed E-state index contributed by atoms with van der Waals surface area (Å²) in [5.74, 6) is -0.643. The minimum absolute atomic E-state index is 0.317. The number of alkyl halides is 3. The summed E-state index contributed by atoms with van der Waals surface area (Å²) < 4.78 is 40.0. The lowest BCUT2D eigenvalue weighted by Crippen LogP contribution is -2.59. The molecule has 1 aromatic carbocycles. The Morgan fingerprint density at radius 1 is 1.17 bits per heavy atom. The molecule has 0 aliphatic heterocycles. The van der Waals surface area contributed by atoms with Crippen molar-refractivity contribution in [2.75, 3.05) is 6.54 Å². The number of amides is 1. The average Bonchev–Trinajstić information content (AvgIpc) is 2.52. The lowest BCUT2D eigenvalue weighted by molar-refractivity contribution is -0.264. The van der Waals surface area contributed by atoms with Crippen molar-refractivity contribution < 1.29 is 23.1 Å². The van der Waals surface area contributed by atoms with Crippen LogP contribution in [-0.2, 0) is 10.4 Å². The fraction of sp³-hybridized carbons (Fsp3) is 0.562. The van der Waals surface area contributed by atoms with Gasteiger partial charge in [-0.2, -0.15) is 13.2 Å². The Bertz CT molecular complexity index is 542. The number of aliphatic hydroxyl groups is 1. The molecule has 1 amide bonds. The SMILES string of the molecule is NC1(C(=O)NCC(O)(c2ccccc2)C(F)(F)F)CCCCC1. The van der Waals surface area contributed by atoms with Crippen LogP contribution in [0.5, 0.6) is 0 Å². The molecule has 0 spiro atoms. The lowest BCUT2D eigenvalue weighted by Gasteiger charge is -2.35. The molecule has 0 bridgehead atoms. The number of carbonyl (C=O) groups is 1. The van der Waals surface area contributed by atoms with E-state index in [-0.39, 0.29) is 5.56 Å². The van der Waals surface area contributed by atoms with Crippen molar-refractivity contribution in [1.82, 2.24) is 5.32 Å². The number of carbonyl (C=O) groups excluding carboxylic acids is 1. The first-order valence-electron chi connectivity index (χ1n) is 7.61. The van der Waals surface area contributed by atoms with Crippen molar-refractivity contribution in [3.05, 3.63) is 35.9 Å². The first-order valence-corrected chi connectivity index (χ1v) is 7.61. The first-order chi connectivity index (χ1) is 10.7. The zero-order valence-corrected chi connectivity index (χ0v) is 12.7. The van der Waals surface area contributed by atoms with Gasteiger partial charge in [0.25, 0.3) is 0 Å². The molecule has 7 heteroatoms. The zero-order chi connectivity index (χ0) is 17.1. The molecule has 4 nitrogen and oxygen atoms in total. The van der Waals surface area contributed by atoms with Crippen LogP contribution in [0, 0.1) is 0 Å². The van der Waals surface area contributed by atoms with E-state index < -0.39 is 29.8 Å². The standard InChI is InChI=1S/C16H21F3N2O2/c17-16(18,19)15(23,12-7-3-1-4-8-12)11-21-13(22)14(20)9-5-2-6-10-14/h1,3-4,7-8,23H,2,5-6,9-11,20H2,(H,21,22). The van der Waals surface area contributed by atoms with Crippen LogP contribution in [0.25, 0.3) is 0 Å². The molecule has 0 aromatic heterocycles. The first kappa shape index (κ1) is 17.7. The maximum Gasteiger partial charge on any atom is 0.423 e. The predicted octanol–water partition coefficient (Wildman–Crippen LogP) is 2.21. The molecule has 1 aliphatic carbocycles. The third kappa shape index (κ3) is 3.67. The second-order valence-corrected chi connectivity index (χ2v) is 6.12. The summed E-state index contributed by atoms with van der Waals surface area (Å²) in [5, 5.41) is 12.4. The van der Waals surface area contributed by atoms with Gasteiger partial charge in [0.2, 0.25) is 11.5 Å². The van der Waals surface area contributed by atoms with Gasteiger partial charge >= 0.3 is 6.18 Å². The number of hydrogen-bond acceptors (Lipinski definition) is 3. The van der Waals surface area contributed by atoms with E-state index in [4.69, 9.17) is 5.73 Å². The second kappa shape index (κ2) is 6.49. The average molecular weight is 330 g/mol. The van der Waals surface area contributed by atoms with Crippen molar-refractivity contribution in [3.63, 3.8) is 0 Å². The number of nitrogens with one attached hydrogen (secondary N) is 1. The van der Waals surface area contributed by atoms with Gasteiger partial charge in [-0.15, -0.1) is 0 Å². The summed E-state index contributed by atoms with van der Waals surface area (Å²) in [6, 6.07) is 6.71. The van der Waals surface area contributed by atoms with Gasteiger partial charge < -0.3 is 16.2 Å². The molecule has 1 aromatic rings. The van der Waals surface area contributed by atoms with Crippen LogP contribution in [0.4, 0.5) is 13.2 Å². The van der Waals surface area contributed by atoms with Gasteiger partial charge in [-0.05, 0) is 18.4 Å². The maximum atomic E-state index is 13.3. The summed E-state index contributed by atoms with van der Waals surface area (Å²) >= 11 is 0. The normalized spacial score (nSPS) is 20.6. The van der Waals surface area contributed by atoms with Crippen LogP contribution >= 0.6 is 0 Å². The minimum atomic E-state index is -4.92. The van der Waals surface area contributed by atoms with Crippen LogP contribution in [0.1, 0.15) is 37.7 Å². The van der Waals surface area contributed by atoms with Crippen molar-refractivity contribution in [2.45, 2.75) is 49.4 Å². The molecule has 1 aliphatic rings. The fourth-order valence-electron chi connectivity index (χ4n) is 2.87. The van der Waals surface area contributed by atoms with Gasteiger partial charge in [0.15, 0.2) is 0 Å². The molecule has 23 heavy (non-hydrogen) atoms. The molecule has 0 heterocycles. The van der Waals surface area contributed by atoms with E-state index in [2.05, 4.69) is 5.32 Å². The van der Waals surface area contributed by atoms with Crippen LogP contribution < -0.4 is 11.1 Å². The largest absolute Gasteiger partial charge is 0.423 e. The molecule has 1 fully saturated rings. The predicted molar refractivity (Wildman–Crippen MR) is 79.4 cm³/mol. The number of halogens is 3. The monoisotopic (exact) mass is 330 g/mol. The molecule has 0 radical (unpaired) electrons. The lowest BCUT2D eigenvalue weighted by atomic mass is 9.81. The zero-order valence-electron chi connectivity index (χ0n) is 12.7. The second-order valence-electron chi connectivity index (χ2n) is 6.12. The number of nitrogens with two attached hydrogens (primary N) is 1. The number of benzene rings is 1. The summed E-state index contributed by atoms with van der Waals surface area (Å²) in [5.41, 5.74) is 1.39. The summed E-state index contributed by atoms with van der Waals surface area (Å²) in [7, 11) is 0. The third-order valence-electron chi connectivity index (χ3n) is 4.42.